The standard InChI is InChI=1S/C8H9N3OS/c1-2-5-3-4-6(12-5)7-10-8(9)13-11-7/h3-4H,2H2,1H3,(H2,9,10,11). The Balaban J connectivity index is 2.35. The van der Waals surface area contributed by atoms with Crippen LogP contribution in [0.5, 0.6) is 0 Å². The molecule has 0 spiro atoms. The van der Waals surface area contributed by atoms with Crippen LogP contribution in [0.15, 0.2) is 16.5 Å². The summed E-state index contributed by atoms with van der Waals surface area (Å²) in [5.74, 6) is 2.19. The molecule has 0 fully saturated rings. The highest BCUT2D eigenvalue weighted by molar-refractivity contribution is 7.09. The van der Waals surface area contributed by atoms with Gasteiger partial charge in [0.15, 0.2) is 10.9 Å². The molecular formula is C8H9N3OS. The number of anilines is 1. The number of furan rings is 1. The third-order valence-electron chi connectivity index (χ3n) is 1.67. The van der Waals surface area contributed by atoms with Crippen molar-refractivity contribution in [3.8, 4) is 11.6 Å². The molecule has 0 aliphatic carbocycles. The zero-order valence-corrected chi connectivity index (χ0v) is 7.97. The predicted octanol–water partition coefficient (Wildman–Crippen LogP) is 1.94. The monoisotopic (exact) mass is 195 g/mol. The van der Waals surface area contributed by atoms with E-state index in [0.29, 0.717) is 16.7 Å². The fraction of sp³-hybridized carbons (Fsp3) is 0.250. The maximum atomic E-state index is 5.46. The van der Waals surface area contributed by atoms with Gasteiger partial charge in [-0.25, -0.2) is 0 Å². The van der Waals surface area contributed by atoms with Crippen LogP contribution in [0.1, 0.15) is 12.7 Å². The van der Waals surface area contributed by atoms with Crippen molar-refractivity contribution in [1.29, 1.82) is 0 Å². The van der Waals surface area contributed by atoms with E-state index >= 15 is 0 Å². The lowest BCUT2D eigenvalue weighted by Gasteiger charge is -1.87. The number of aryl methyl sites for hydroxylation is 1. The van der Waals surface area contributed by atoms with Crippen molar-refractivity contribution in [2.75, 3.05) is 5.73 Å². The van der Waals surface area contributed by atoms with Crippen molar-refractivity contribution < 1.29 is 4.42 Å². The summed E-state index contributed by atoms with van der Waals surface area (Å²) in [6, 6.07) is 3.78. The summed E-state index contributed by atoms with van der Waals surface area (Å²) >= 11 is 1.17. The van der Waals surface area contributed by atoms with E-state index in [-0.39, 0.29) is 0 Å². The first kappa shape index (κ1) is 8.25. The third-order valence-corrected chi connectivity index (χ3v) is 2.21. The molecule has 2 aromatic heterocycles. The Morgan fingerprint density at radius 1 is 1.54 bits per heavy atom. The fourth-order valence-electron chi connectivity index (χ4n) is 1.02. The molecule has 2 N–H and O–H groups in total. The Bertz CT molecular complexity index is 407. The Labute approximate surface area is 79.6 Å². The van der Waals surface area contributed by atoms with Crippen molar-refractivity contribution in [3.05, 3.63) is 17.9 Å². The highest BCUT2D eigenvalue weighted by Crippen LogP contribution is 2.21. The minimum atomic E-state index is 0.462. The molecule has 0 amide bonds. The molecule has 5 heteroatoms. The molecule has 0 aliphatic heterocycles. The zero-order chi connectivity index (χ0) is 9.26. The van der Waals surface area contributed by atoms with Gasteiger partial charge in [-0.3, -0.25) is 0 Å². The van der Waals surface area contributed by atoms with Gasteiger partial charge in [0.25, 0.3) is 0 Å². The van der Waals surface area contributed by atoms with Gasteiger partial charge in [0, 0.05) is 18.0 Å². The minimum absolute atomic E-state index is 0.462. The number of nitrogen functional groups attached to an aromatic ring is 1. The van der Waals surface area contributed by atoms with Crippen molar-refractivity contribution in [2.45, 2.75) is 13.3 Å². The summed E-state index contributed by atoms with van der Waals surface area (Å²) in [4.78, 5) is 4.02. The second-order valence-corrected chi connectivity index (χ2v) is 3.36. The molecule has 2 rings (SSSR count). The molecule has 0 unspecified atom stereocenters. The largest absolute Gasteiger partial charge is 0.458 e. The smallest absolute Gasteiger partial charge is 0.210 e. The van der Waals surface area contributed by atoms with Gasteiger partial charge in [0.2, 0.25) is 5.82 Å². The van der Waals surface area contributed by atoms with Gasteiger partial charge >= 0.3 is 0 Å². The second kappa shape index (κ2) is 3.18. The van der Waals surface area contributed by atoms with Crippen LogP contribution in [0.25, 0.3) is 11.6 Å². The molecule has 2 aromatic rings. The average Bonchev–Trinajstić information content (AvgIpc) is 2.71. The van der Waals surface area contributed by atoms with Gasteiger partial charge < -0.3 is 10.2 Å². The van der Waals surface area contributed by atoms with Crippen molar-refractivity contribution >= 4 is 16.7 Å². The highest BCUT2D eigenvalue weighted by atomic mass is 32.1. The SMILES string of the molecule is CCc1ccc(-c2nsc(N)n2)o1. The van der Waals surface area contributed by atoms with Gasteiger partial charge in [0.05, 0.1) is 0 Å². The van der Waals surface area contributed by atoms with E-state index in [9.17, 15) is 0 Å². The van der Waals surface area contributed by atoms with Crippen LogP contribution < -0.4 is 5.73 Å². The van der Waals surface area contributed by atoms with Crippen molar-refractivity contribution in [1.82, 2.24) is 9.36 Å². The molecule has 0 bridgehead atoms. The fourth-order valence-corrected chi connectivity index (χ4v) is 1.46. The maximum absolute atomic E-state index is 5.46. The van der Waals surface area contributed by atoms with Crippen LogP contribution in [0, 0.1) is 0 Å². The van der Waals surface area contributed by atoms with Crippen molar-refractivity contribution in [3.63, 3.8) is 0 Å². The molecular weight excluding hydrogens is 186 g/mol. The van der Waals surface area contributed by atoms with E-state index in [1.807, 2.05) is 19.1 Å². The Morgan fingerprint density at radius 3 is 2.92 bits per heavy atom. The van der Waals surface area contributed by atoms with Crippen LogP contribution >= 0.6 is 11.5 Å². The van der Waals surface area contributed by atoms with E-state index in [1.165, 1.54) is 11.5 Å². The first-order chi connectivity index (χ1) is 6.29. The van der Waals surface area contributed by atoms with Gasteiger partial charge in [-0.15, -0.1) is 0 Å². The van der Waals surface area contributed by atoms with E-state index in [0.717, 1.165) is 12.2 Å². The first-order valence-corrected chi connectivity index (χ1v) is 4.75. The van der Waals surface area contributed by atoms with Crippen LogP contribution in [-0.4, -0.2) is 9.36 Å². The summed E-state index contributed by atoms with van der Waals surface area (Å²) in [7, 11) is 0. The molecule has 0 aromatic carbocycles. The minimum Gasteiger partial charge on any atom is -0.458 e. The summed E-state index contributed by atoms with van der Waals surface area (Å²) < 4.78 is 9.50. The number of hydrogen-bond donors (Lipinski definition) is 1. The molecule has 0 aliphatic rings. The van der Waals surface area contributed by atoms with Gasteiger partial charge in [0.1, 0.15) is 5.76 Å². The van der Waals surface area contributed by atoms with Gasteiger partial charge in [-0.1, -0.05) is 6.92 Å². The van der Waals surface area contributed by atoms with Crippen LogP contribution in [0.3, 0.4) is 0 Å². The van der Waals surface area contributed by atoms with E-state index < -0.39 is 0 Å². The molecule has 4 nitrogen and oxygen atoms in total. The molecule has 0 saturated heterocycles. The quantitative estimate of drug-likeness (QED) is 0.795. The van der Waals surface area contributed by atoms with E-state index in [1.54, 1.807) is 0 Å². The van der Waals surface area contributed by atoms with E-state index in [4.69, 9.17) is 10.2 Å². The lowest BCUT2D eigenvalue weighted by atomic mass is 10.3. The molecule has 0 radical (unpaired) electrons. The topological polar surface area (TPSA) is 64.9 Å². The molecule has 0 saturated carbocycles. The Hall–Kier alpha value is -1.36. The van der Waals surface area contributed by atoms with Crippen molar-refractivity contribution in [2.24, 2.45) is 0 Å². The third kappa shape index (κ3) is 1.55. The number of hydrogen-bond acceptors (Lipinski definition) is 5. The summed E-state index contributed by atoms with van der Waals surface area (Å²) in [5.41, 5.74) is 5.46. The highest BCUT2D eigenvalue weighted by Gasteiger charge is 2.08. The Kier molecular flexibility index (Phi) is 2.02. The van der Waals surface area contributed by atoms with Gasteiger partial charge in [-0.05, 0) is 12.1 Å². The number of aromatic nitrogens is 2. The van der Waals surface area contributed by atoms with Crippen LogP contribution in [0.4, 0.5) is 5.13 Å². The van der Waals surface area contributed by atoms with Gasteiger partial charge in [-0.2, -0.15) is 9.36 Å². The zero-order valence-electron chi connectivity index (χ0n) is 7.15. The number of nitrogens with zero attached hydrogens (tertiary/aromatic N) is 2. The molecule has 13 heavy (non-hydrogen) atoms. The maximum Gasteiger partial charge on any atom is 0.210 e. The normalized spacial score (nSPS) is 10.5. The lowest BCUT2D eigenvalue weighted by molar-refractivity contribution is 0.526. The van der Waals surface area contributed by atoms with Crippen LogP contribution in [-0.2, 0) is 6.42 Å². The Morgan fingerprint density at radius 2 is 2.38 bits per heavy atom. The summed E-state index contributed by atoms with van der Waals surface area (Å²) in [6.07, 6.45) is 0.875. The van der Waals surface area contributed by atoms with Crippen LogP contribution in [0.2, 0.25) is 0 Å². The predicted molar refractivity (Wildman–Crippen MR) is 51.4 cm³/mol. The summed E-state index contributed by atoms with van der Waals surface area (Å²) in [6.45, 7) is 2.03. The average molecular weight is 195 g/mol. The summed E-state index contributed by atoms with van der Waals surface area (Å²) in [5, 5.41) is 0.462. The molecule has 0 atom stereocenters. The first-order valence-electron chi connectivity index (χ1n) is 3.98. The lowest BCUT2D eigenvalue weighted by Crippen LogP contribution is -1.81. The second-order valence-electron chi connectivity index (χ2n) is 2.58. The molecule has 68 valence electrons. The number of rotatable bonds is 2. The van der Waals surface area contributed by atoms with E-state index in [2.05, 4.69) is 9.36 Å². The number of nitrogens with two attached hydrogens (primary N) is 1. The molecule has 2 heterocycles.